The van der Waals surface area contributed by atoms with Crippen LogP contribution in [0, 0.1) is 5.92 Å². The van der Waals surface area contributed by atoms with Crippen molar-refractivity contribution >= 4 is 33.3 Å². The molecule has 0 aromatic carbocycles. The smallest absolute Gasteiger partial charge is 0.355 e. The molecule has 162 valence electrons. The summed E-state index contributed by atoms with van der Waals surface area (Å²) in [5.74, 6) is 0.0702. The maximum absolute atomic E-state index is 12.8. The van der Waals surface area contributed by atoms with Gasteiger partial charge in [0.1, 0.15) is 5.82 Å². The Balaban J connectivity index is 1.56. The maximum Gasteiger partial charge on any atom is 0.417 e. The summed E-state index contributed by atoms with van der Waals surface area (Å²) >= 11 is 6.01. The normalized spacial score (nSPS) is 20.2. The van der Waals surface area contributed by atoms with Crippen molar-refractivity contribution in [1.29, 1.82) is 0 Å². The second-order valence-electron chi connectivity index (χ2n) is 7.28. The molecule has 3 rings (SSSR count). The van der Waals surface area contributed by atoms with Crippen molar-refractivity contribution in [3.8, 4) is 0 Å². The average molecular weight is 455 g/mol. The highest BCUT2D eigenvalue weighted by atomic mass is 35.5. The van der Waals surface area contributed by atoms with Gasteiger partial charge in [-0.15, -0.1) is 0 Å². The number of hydrogen-bond donors (Lipinski definition) is 0. The van der Waals surface area contributed by atoms with Gasteiger partial charge in [-0.25, -0.2) is 13.4 Å². The van der Waals surface area contributed by atoms with Gasteiger partial charge < -0.3 is 9.80 Å². The average Bonchev–Trinajstić information content (AvgIpc) is 2.66. The van der Waals surface area contributed by atoms with E-state index < -0.39 is 21.8 Å². The van der Waals surface area contributed by atoms with Gasteiger partial charge in [0, 0.05) is 51.4 Å². The zero-order chi connectivity index (χ0) is 21.4. The molecule has 7 nitrogen and oxygen atoms in total. The predicted molar refractivity (Wildman–Crippen MR) is 102 cm³/mol. The van der Waals surface area contributed by atoms with Gasteiger partial charge in [-0.1, -0.05) is 11.6 Å². The van der Waals surface area contributed by atoms with E-state index in [9.17, 15) is 26.4 Å². The van der Waals surface area contributed by atoms with Crippen LogP contribution >= 0.6 is 11.6 Å². The molecule has 0 spiro atoms. The van der Waals surface area contributed by atoms with Crippen molar-refractivity contribution in [2.75, 3.05) is 50.4 Å². The summed E-state index contributed by atoms with van der Waals surface area (Å²) < 4.78 is 62.8. The van der Waals surface area contributed by atoms with Crippen LogP contribution in [0.3, 0.4) is 0 Å². The molecule has 2 saturated heterocycles. The topological polar surface area (TPSA) is 73.8 Å². The molecule has 2 aliphatic rings. The van der Waals surface area contributed by atoms with E-state index in [2.05, 4.69) is 4.98 Å². The van der Waals surface area contributed by atoms with E-state index >= 15 is 0 Å². The zero-order valence-corrected chi connectivity index (χ0v) is 17.4. The standard InChI is InChI=1S/C17H22ClF3N4O3S/c1-29(27,28)25-8-6-24(7-9-25)16(26)12-2-4-23(5-3-12)15-14(18)10-13(11-22-15)17(19,20)21/h10-12H,2-9H2,1H3. The Labute approximate surface area is 172 Å². The number of amides is 1. The number of aromatic nitrogens is 1. The quantitative estimate of drug-likeness (QED) is 0.699. The van der Waals surface area contributed by atoms with Gasteiger partial charge in [0.2, 0.25) is 15.9 Å². The molecule has 2 fully saturated rings. The van der Waals surface area contributed by atoms with Gasteiger partial charge in [0.25, 0.3) is 0 Å². The van der Waals surface area contributed by atoms with E-state index in [-0.39, 0.29) is 35.8 Å². The van der Waals surface area contributed by atoms with Crippen molar-refractivity contribution in [3.05, 3.63) is 22.8 Å². The Morgan fingerprint density at radius 1 is 1.14 bits per heavy atom. The van der Waals surface area contributed by atoms with Crippen LogP contribution in [0.15, 0.2) is 12.3 Å². The van der Waals surface area contributed by atoms with E-state index in [1.807, 2.05) is 0 Å². The van der Waals surface area contributed by atoms with E-state index in [4.69, 9.17) is 11.6 Å². The summed E-state index contributed by atoms with van der Waals surface area (Å²) in [6, 6.07) is 0.863. The van der Waals surface area contributed by atoms with Crippen molar-refractivity contribution in [2.45, 2.75) is 19.0 Å². The van der Waals surface area contributed by atoms with Crippen LogP contribution in [0.2, 0.25) is 5.02 Å². The minimum atomic E-state index is -4.50. The van der Waals surface area contributed by atoms with Crippen LogP contribution in [0.4, 0.5) is 19.0 Å². The lowest BCUT2D eigenvalue weighted by Gasteiger charge is -2.38. The number of carbonyl (C=O) groups excluding carboxylic acids is 1. The number of carbonyl (C=O) groups is 1. The first-order valence-corrected chi connectivity index (χ1v) is 11.4. The largest absolute Gasteiger partial charge is 0.417 e. The van der Waals surface area contributed by atoms with E-state index in [0.29, 0.717) is 39.0 Å². The minimum absolute atomic E-state index is 0.00993. The highest BCUT2D eigenvalue weighted by Crippen LogP contribution is 2.34. The number of anilines is 1. The lowest BCUT2D eigenvalue weighted by Crippen LogP contribution is -2.52. The highest BCUT2D eigenvalue weighted by molar-refractivity contribution is 7.88. The lowest BCUT2D eigenvalue weighted by molar-refractivity contribution is -0.138. The maximum atomic E-state index is 12.8. The molecule has 0 atom stereocenters. The number of nitrogens with zero attached hydrogens (tertiary/aromatic N) is 4. The second kappa shape index (κ2) is 8.27. The molecule has 0 unspecified atom stereocenters. The van der Waals surface area contributed by atoms with Crippen molar-refractivity contribution in [3.63, 3.8) is 0 Å². The van der Waals surface area contributed by atoms with Crippen molar-refractivity contribution in [2.24, 2.45) is 5.92 Å². The molecular weight excluding hydrogens is 433 g/mol. The third-order valence-corrected chi connectivity index (χ3v) is 6.89. The third kappa shape index (κ3) is 5.13. The summed E-state index contributed by atoms with van der Waals surface area (Å²) in [6.07, 6.45) is -1.52. The fourth-order valence-electron chi connectivity index (χ4n) is 3.65. The Morgan fingerprint density at radius 3 is 2.21 bits per heavy atom. The summed E-state index contributed by atoms with van der Waals surface area (Å²) in [5, 5.41) is -0.0681. The molecule has 12 heteroatoms. The summed E-state index contributed by atoms with van der Waals surface area (Å²) in [4.78, 5) is 20.1. The van der Waals surface area contributed by atoms with Gasteiger partial charge >= 0.3 is 6.18 Å². The van der Waals surface area contributed by atoms with Crippen LogP contribution < -0.4 is 4.90 Å². The monoisotopic (exact) mass is 454 g/mol. The molecule has 0 aliphatic carbocycles. The highest BCUT2D eigenvalue weighted by Gasteiger charge is 2.34. The molecule has 3 heterocycles. The van der Waals surface area contributed by atoms with Crippen molar-refractivity contribution < 1.29 is 26.4 Å². The molecule has 1 aromatic rings. The molecule has 0 saturated carbocycles. The molecule has 2 aliphatic heterocycles. The molecule has 0 bridgehead atoms. The molecule has 1 aromatic heterocycles. The zero-order valence-electron chi connectivity index (χ0n) is 15.8. The minimum Gasteiger partial charge on any atom is -0.355 e. The fourth-order valence-corrected chi connectivity index (χ4v) is 4.77. The predicted octanol–water partition coefficient (Wildman–Crippen LogP) is 2.07. The second-order valence-corrected chi connectivity index (χ2v) is 9.67. The Bertz CT molecular complexity index is 865. The van der Waals surface area contributed by atoms with Gasteiger partial charge in [0.15, 0.2) is 0 Å². The Morgan fingerprint density at radius 2 is 1.72 bits per heavy atom. The molecular formula is C17H22ClF3N4O3S. The lowest BCUT2D eigenvalue weighted by atomic mass is 9.95. The number of pyridine rings is 1. The van der Waals surface area contributed by atoms with Crippen LogP contribution in [0.1, 0.15) is 18.4 Å². The number of hydrogen-bond acceptors (Lipinski definition) is 5. The number of piperazine rings is 1. The van der Waals surface area contributed by atoms with Crippen LogP contribution in [-0.2, 0) is 21.0 Å². The first-order chi connectivity index (χ1) is 13.5. The molecule has 1 amide bonds. The van der Waals surface area contributed by atoms with Gasteiger partial charge in [0.05, 0.1) is 16.8 Å². The van der Waals surface area contributed by atoms with Crippen LogP contribution in [0.5, 0.6) is 0 Å². The number of alkyl halides is 3. The van der Waals surface area contributed by atoms with E-state index in [0.717, 1.165) is 18.5 Å². The Kier molecular flexibility index (Phi) is 6.30. The first-order valence-electron chi connectivity index (χ1n) is 9.18. The van der Waals surface area contributed by atoms with Crippen LogP contribution in [0.25, 0.3) is 0 Å². The van der Waals surface area contributed by atoms with E-state index in [1.165, 1.54) is 4.31 Å². The number of halogens is 4. The van der Waals surface area contributed by atoms with Crippen molar-refractivity contribution in [1.82, 2.24) is 14.2 Å². The van der Waals surface area contributed by atoms with Gasteiger partial charge in [-0.2, -0.15) is 17.5 Å². The summed E-state index contributed by atoms with van der Waals surface area (Å²) in [6.45, 7) is 2.20. The molecule has 0 N–H and O–H groups in total. The molecule has 0 radical (unpaired) electrons. The third-order valence-electron chi connectivity index (χ3n) is 5.31. The van der Waals surface area contributed by atoms with E-state index in [1.54, 1.807) is 9.80 Å². The van der Waals surface area contributed by atoms with Crippen LogP contribution in [-0.4, -0.2) is 74.0 Å². The van der Waals surface area contributed by atoms with Gasteiger partial charge in [-0.3, -0.25) is 4.79 Å². The number of rotatable bonds is 3. The summed E-state index contributed by atoms with van der Waals surface area (Å²) in [5.41, 5.74) is -0.899. The summed E-state index contributed by atoms with van der Waals surface area (Å²) in [7, 11) is -3.26. The molecule has 29 heavy (non-hydrogen) atoms. The number of sulfonamides is 1. The van der Waals surface area contributed by atoms with Gasteiger partial charge in [-0.05, 0) is 18.9 Å². The number of piperidine rings is 1. The first kappa shape index (κ1) is 22.1. The SMILES string of the molecule is CS(=O)(=O)N1CCN(C(=O)C2CCN(c3ncc(C(F)(F)F)cc3Cl)CC2)CC1. The Hall–Kier alpha value is -1.59. The fraction of sp³-hybridized carbons (Fsp3) is 0.647.